The number of amides is 5. The molecule has 1 aliphatic carbocycles. The van der Waals surface area contributed by atoms with Crippen molar-refractivity contribution in [2.45, 2.75) is 50.1 Å². The zero-order valence-corrected chi connectivity index (χ0v) is 15.5. The van der Waals surface area contributed by atoms with Crippen LogP contribution < -0.4 is 10.6 Å². The summed E-state index contributed by atoms with van der Waals surface area (Å²) in [6.07, 6.45) is 4.83. The molecule has 1 atom stereocenters. The van der Waals surface area contributed by atoms with Crippen LogP contribution in [0.3, 0.4) is 0 Å². The van der Waals surface area contributed by atoms with Gasteiger partial charge in [-0.05, 0) is 25.7 Å². The molecule has 0 bridgehead atoms. The highest BCUT2D eigenvalue weighted by Gasteiger charge is 2.53. The first-order valence-electron chi connectivity index (χ1n) is 9.92. The Morgan fingerprint density at radius 1 is 1.11 bits per heavy atom. The molecule has 2 N–H and O–H groups in total. The Balaban J connectivity index is 1.38. The number of imide groups is 1. The van der Waals surface area contributed by atoms with Gasteiger partial charge in [-0.3, -0.25) is 19.3 Å². The Hall–Kier alpha value is -2.16. The predicted molar refractivity (Wildman–Crippen MR) is 95.6 cm³/mol. The van der Waals surface area contributed by atoms with E-state index < -0.39 is 11.6 Å². The molecular weight excluding hydrogens is 350 g/mol. The van der Waals surface area contributed by atoms with Crippen molar-refractivity contribution < 1.29 is 19.2 Å². The van der Waals surface area contributed by atoms with Crippen LogP contribution in [0.1, 0.15) is 38.5 Å². The Bertz CT molecular complexity index is 660. The van der Waals surface area contributed by atoms with Crippen LogP contribution in [-0.4, -0.2) is 89.3 Å². The van der Waals surface area contributed by atoms with E-state index in [1.807, 2.05) is 4.90 Å². The van der Waals surface area contributed by atoms with Crippen molar-refractivity contribution in [2.24, 2.45) is 0 Å². The SMILES string of the molecule is O=C(CN1C(=O)NC2(CCCC2)C1=O)N1CCCC(N2CCNCC2=O)C1. The van der Waals surface area contributed by atoms with E-state index >= 15 is 0 Å². The van der Waals surface area contributed by atoms with Crippen molar-refractivity contribution in [3.63, 3.8) is 0 Å². The quantitative estimate of drug-likeness (QED) is 0.632. The molecule has 1 saturated carbocycles. The van der Waals surface area contributed by atoms with Gasteiger partial charge in [-0.25, -0.2) is 4.79 Å². The maximum atomic E-state index is 12.8. The van der Waals surface area contributed by atoms with Gasteiger partial charge in [0.1, 0.15) is 12.1 Å². The van der Waals surface area contributed by atoms with Gasteiger partial charge in [0.2, 0.25) is 11.8 Å². The smallest absolute Gasteiger partial charge is 0.325 e. The Kier molecular flexibility index (Phi) is 4.79. The van der Waals surface area contributed by atoms with Crippen molar-refractivity contribution in [2.75, 3.05) is 39.3 Å². The maximum absolute atomic E-state index is 12.8. The largest absolute Gasteiger partial charge is 0.339 e. The Morgan fingerprint density at radius 2 is 1.89 bits per heavy atom. The highest BCUT2D eigenvalue weighted by molar-refractivity contribution is 6.09. The summed E-state index contributed by atoms with van der Waals surface area (Å²) in [5.41, 5.74) is -0.783. The minimum Gasteiger partial charge on any atom is -0.339 e. The minimum atomic E-state index is -0.783. The number of carbonyl (C=O) groups is 4. The average molecular weight is 377 g/mol. The van der Waals surface area contributed by atoms with Gasteiger partial charge >= 0.3 is 6.03 Å². The molecule has 0 radical (unpaired) electrons. The standard InChI is InChI=1S/C18H27N5O4/c24-14-10-19-7-9-22(14)13-4-3-8-21(11-13)15(25)12-23-16(26)18(20-17(23)27)5-1-2-6-18/h13,19H,1-12H2,(H,20,27). The van der Waals surface area contributed by atoms with Crippen LogP contribution >= 0.6 is 0 Å². The van der Waals surface area contributed by atoms with Crippen LogP contribution in [-0.2, 0) is 14.4 Å². The molecule has 1 spiro atoms. The van der Waals surface area contributed by atoms with Gasteiger partial charge in [-0.1, -0.05) is 12.8 Å². The highest BCUT2D eigenvalue weighted by Crippen LogP contribution is 2.35. The molecule has 9 heteroatoms. The topological polar surface area (TPSA) is 102 Å². The van der Waals surface area contributed by atoms with Crippen LogP contribution in [0.2, 0.25) is 0 Å². The third kappa shape index (κ3) is 3.28. The molecule has 5 amide bonds. The Labute approximate surface area is 158 Å². The van der Waals surface area contributed by atoms with Crippen molar-refractivity contribution in [1.29, 1.82) is 0 Å². The first kappa shape index (κ1) is 18.2. The van der Waals surface area contributed by atoms with Crippen molar-refractivity contribution in [3.05, 3.63) is 0 Å². The number of urea groups is 1. The fourth-order valence-electron chi connectivity index (χ4n) is 4.82. The molecule has 3 aliphatic heterocycles. The number of rotatable bonds is 3. The van der Waals surface area contributed by atoms with Crippen LogP contribution in [0.15, 0.2) is 0 Å². The number of nitrogens with zero attached hydrogens (tertiary/aromatic N) is 3. The molecule has 3 saturated heterocycles. The summed E-state index contributed by atoms with van der Waals surface area (Å²) in [5, 5.41) is 5.87. The summed E-state index contributed by atoms with van der Waals surface area (Å²) in [4.78, 5) is 54.6. The summed E-state index contributed by atoms with van der Waals surface area (Å²) in [6.45, 7) is 2.62. The van der Waals surface area contributed by atoms with Crippen molar-refractivity contribution >= 4 is 23.8 Å². The number of piperazine rings is 1. The second-order valence-electron chi connectivity index (χ2n) is 8.01. The number of nitrogens with one attached hydrogen (secondary N) is 2. The van der Waals surface area contributed by atoms with Crippen molar-refractivity contribution in [3.8, 4) is 0 Å². The van der Waals surface area contributed by atoms with Gasteiger partial charge in [0.25, 0.3) is 5.91 Å². The van der Waals surface area contributed by atoms with Gasteiger partial charge in [0.15, 0.2) is 0 Å². The predicted octanol–water partition coefficient (Wildman–Crippen LogP) is -0.726. The number of hydrogen-bond donors (Lipinski definition) is 2. The van der Waals surface area contributed by atoms with Crippen molar-refractivity contribution in [1.82, 2.24) is 25.3 Å². The molecular formula is C18H27N5O4. The third-order valence-electron chi connectivity index (χ3n) is 6.31. The lowest BCUT2D eigenvalue weighted by molar-refractivity contribution is -0.142. The van der Waals surface area contributed by atoms with Crippen LogP contribution in [0.25, 0.3) is 0 Å². The maximum Gasteiger partial charge on any atom is 0.325 e. The number of likely N-dealkylation sites (tertiary alicyclic amines) is 1. The molecule has 148 valence electrons. The van der Waals surface area contributed by atoms with Crippen LogP contribution in [0.5, 0.6) is 0 Å². The lowest BCUT2D eigenvalue weighted by atomic mass is 9.98. The molecule has 9 nitrogen and oxygen atoms in total. The summed E-state index contributed by atoms with van der Waals surface area (Å²) in [7, 11) is 0. The summed E-state index contributed by atoms with van der Waals surface area (Å²) >= 11 is 0. The lowest BCUT2D eigenvalue weighted by Gasteiger charge is -2.41. The molecule has 3 heterocycles. The monoisotopic (exact) mass is 377 g/mol. The van der Waals surface area contributed by atoms with E-state index in [-0.39, 0.29) is 30.3 Å². The van der Waals surface area contributed by atoms with Gasteiger partial charge in [-0.2, -0.15) is 0 Å². The van der Waals surface area contributed by atoms with Gasteiger partial charge in [0.05, 0.1) is 6.54 Å². The number of hydrogen-bond acceptors (Lipinski definition) is 5. The molecule has 4 aliphatic rings. The van der Waals surface area contributed by atoms with E-state index in [9.17, 15) is 19.2 Å². The number of carbonyl (C=O) groups excluding carboxylic acids is 4. The zero-order chi connectivity index (χ0) is 19.0. The molecule has 0 aromatic carbocycles. The first-order chi connectivity index (χ1) is 13.0. The van der Waals surface area contributed by atoms with Crippen LogP contribution in [0, 0.1) is 0 Å². The summed E-state index contributed by atoms with van der Waals surface area (Å²) in [5.74, 6) is -0.414. The van der Waals surface area contributed by atoms with E-state index in [0.29, 0.717) is 39.0 Å². The second kappa shape index (κ2) is 7.10. The fraction of sp³-hybridized carbons (Fsp3) is 0.778. The summed E-state index contributed by atoms with van der Waals surface area (Å²) in [6, 6.07) is -0.442. The molecule has 0 aromatic rings. The van der Waals surface area contributed by atoms with E-state index in [1.165, 1.54) is 0 Å². The van der Waals surface area contributed by atoms with Gasteiger partial charge in [0, 0.05) is 32.2 Å². The fourth-order valence-corrected chi connectivity index (χ4v) is 4.82. The lowest BCUT2D eigenvalue weighted by Crippen LogP contribution is -2.58. The normalized spacial score (nSPS) is 28.2. The minimum absolute atomic E-state index is 0.0154. The highest BCUT2D eigenvalue weighted by atomic mass is 16.2. The van der Waals surface area contributed by atoms with E-state index in [2.05, 4.69) is 10.6 Å². The molecule has 27 heavy (non-hydrogen) atoms. The van der Waals surface area contributed by atoms with Gasteiger partial charge < -0.3 is 20.4 Å². The molecule has 1 unspecified atom stereocenters. The van der Waals surface area contributed by atoms with E-state index in [4.69, 9.17) is 0 Å². The third-order valence-corrected chi connectivity index (χ3v) is 6.31. The van der Waals surface area contributed by atoms with E-state index in [1.54, 1.807) is 4.90 Å². The summed E-state index contributed by atoms with van der Waals surface area (Å²) < 4.78 is 0. The second-order valence-corrected chi connectivity index (χ2v) is 8.01. The molecule has 0 aromatic heterocycles. The van der Waals surface area contributed by atoms with Crippen LogP contribution in [0.4, 0.5) is 4.79 Å². The van der Waals surface area contributed by atoms with E-state index in [0.717, 1.165) is 37.1 Å². The molecule has 4 fully saturated rings. The van der Waals surface area contributed by atoms with Gasteiger partial charge in [-0.15, -0.1) is 0 Å². The first-order valence-corrected chi connectivity index (χ1v) is 9.92. The Morgan fingerprint density at radius 3 is 2.63 bits per heavy atom. The zero-order valence-electron chi connectivity index (χ0n) is 15.5. The average Bonchev–Trinajstić information content (AvgIpc) is 3.23. The molecule has 4 rings (SSSR count). The number of piperidine rings is 1.